The number of phenolic OH excluding ortho intramolecular Hbond substituents is 1. The van der Waals surface area contributed by atoms with Gasteiger partial charge in [-0.15, -0.1) is 0 Å². The Bertz CT molecular complexity index is 1040. The lowest BCUT2D eigenvalue weighted by molar-refractivity contribution is -0.127. The van der Waals surface area contributed by atoms with Crippen LogP contribution in [0.2, 0.25) is 0 Å². The zero-order valence-corrected chi connectivity index (χ0v) is 18.0. The third-order valence-corrected chi connectivity index (χ3v) is 5.56. The molecule has 0 atom stereocenters. The van der Waals surface area contributed by atoms with Crippen molar-refractivity contribution in [1.82, 2.24) is 4.90 Å². The number of hydrogen-bond acceptors (Lipinski definition) is 6. The van der Waals surface area contributed by atoms with Gasteiger partial charge in [-0.05, 0) is 66.7 Å². The summed E-state index contributed by atoms with van der Waals surface area (Å²) in [7, 11) is 0. The molecular formula is C20H16BrFN2O5S. The van der Waals surface area contributed by atoms with Crippen LogP contribution < -0.4 is 10.1 Å². The first-order valence-corrected chi connectivity index (χ1v) is 10.4. The highest BCUT2D eigenvalue weighted by molar-refractivity contribution is 9.10. The van der Waals surface area contributed by atoms with Crippen LogP contribution in [0.3, 0.4) is 0 Å². The number of phenols is 1. The molecule has 0 radical (unpaired) electrons. The van der Waals surface area contributed by atoms with E-state index in [-0.39, 0.29) is 16.4 Å². The molecule has 3 amide bonds. The van der Waals surface area contributed by atoms with E-state index < -0.39 is 29.4 Å². The van der Waals surface area contributed by atoms with Crippen LogP contribution in [-0.4, -0.2) is 40.2 Å². The summed E-state index contributed by atoms with van der Waals surface area (Å²) in [5, 5.41) is 11.8. The summed E-state index contributed by atoms with van der Waals surface area (Å²) >= 11 is 4.01. The van der Waals surface area contributed by atoms with E-state index in [9.17, 15) is 23.9 Å². The predicted molar refractivity (Wildman–Crippen MR) is 115 cm³/mol. The van der Waals surface area contributed by atoms with E-state index in [1.807, 2.05) is 0 Å². The fourth-order valence-electron chi connectivity index (χ4n) is 2.60. The van der Waals surface area contributed by atoms with E-state index in [0.717, 1.165) is 4.90 Å². The second kappa shape index (κ2) is 9.31. The second-order valence-electron chi connectivity index (χ2n) is 6.10. The maximum atomic E-state index is 13.0. The number of nitrogens with one attached hydrogen (secondary N) is 1. The van der Waals surface area contributed by atoms with E-state index in [1.165, 1.54) is 42.5 Å². The molecule has 0 saturated carbocycles. The van der Waals surface area contributed by atoms with Gasteiger partial charge < -0.3 is 15.2 Å². The van der Waals surface area contributed by atoms with Gasteiger partial charge in [0, 0.05) is 10.2 Å². The molecular weight excluding hydrogens is 479 g/mol. The molecule has 0 aromatic heterocycles. The number of thioether (sulfide) groups is 1. The van der Waals surface area contributed by atoms with Crippen LogP contribution in [0.4, 0.5) is 14.9 Å². The SMILES string of the molecule is CCOc1cc(/C=C2\SC(=O)N(CC(=O)Nc3ccc(F)cc3)C2=O)c(Br)cc1O. The van der Waals surface area contributed by atoms with E-state index in [1.54, 1.807) is 6.92 Å². The highest BCUT2D eigenvalue weighted by Crippen LogP contribution is 2.37. The Balaban J connectivity index is 1.75. The summed E-state index contributed by atoms with van der Waals surface area (Å²) in [5.74, 6) is -1.47. The van der Waals surface area contributed by atoms with Gasteiger partial charge in [-0.2, -0.15) is 0 Å². The lowest BCUT2D eigenvalue weighted by Crippen LogP contribution is -2.36. The molecule has 30 heavy (non-hydrogen) atoms. The Morgan fingerprint density at radius 2 is 2.00 bits per heavy atom. The highest BCUT2D eigenvalue weighted by atomic mass is 79.9. The van der Waals surface area contributed by atoms with E-state index >= 15 is 0 Å². The van der Waals surface area contributed by atoms with Crippen LogP contribution in [0.15, 0.2) is 45.8 Å². The van der Waals surface area contributed by atoms with Gasteiger partial charge in [0.25, 0.3) is 11.1 Å². The molecule has 7 nitrogen and oxygen atoms in total. The van der Waals surface area contributed by atoms with Gasteiger partial charge in [0.05, 0.1) is 11.5 Å². The molecule has 1 aliphatic heterocycles. The number of ether oxygens (including phenoxy) is 1. The van der Waals surface area contributed by atoms with Gasteiger partial charge in [0.1, 0.15) is 12.4 Å². The van der Waals surface area contributed by atoms with Crippen LogP contribution in [0.5, 0.6) is 11.5 Å². The smallest absolute Gasteiger partial charge is 0.294 e. The molecule has 2 aromatic rings. The topological polar surface area (TPSA) is 95.9 Å². The molecule has 2 aromatic carbocycles. The Labute approximate surface area is 184 Å². The van der Waals surface area contributed by atoms with Crippen molar-refractivity contribution in [2.24, 2.45) is 0 Å². The van der Waals surface area contributed by atoms with Crippen LogP contribution in [-0.2, 0) is 9.59 Å². The van der Waals surface area contributed by atoms with Crippen molar-refractivity contribution in [3.63, 3.8) is 0 Å². The van der Waals surface area contributed by atoms with Crippen LogP contribution >= 0.6 is 27.7 Å². The first-order chi connectivity index (χ1) is 14.3. The molecule has 1 fully saturated rings. The van der Waals surface area contributed by atoms with Gasteiger partial charge in [-0.3, -0.25) is 19.3 Å². The highest BCUT2D eigenvalue weighted by Gasteiger charge is 2.36. The summed E-state index contributed by atoms with van der Waals surface area (Å²) in [5.41, 5.74) is 0.873. The first-order valence-electron chi connectivity index (χ1n) is 8.74. The van der Waals surface area contributed by atoms with Crippen molar-refractivity contribution in [2.75, 3.05) is 18.5 Å². The zero-order valence-electron chi connectivity index (χ0n) is 15.6. The summed E-state index contributed by atoms with van der Waals surface area (Å²) in [4.78, 5) is 38.0. The third-order valence-electron chi connectivity index (χ3n) is 3.97. The lowest BCUT2D eigenvalue weighted by Gasteiger charge is -2.12. The van der Waals surface area contributed by atoms with Crippen molar-refractivity contribution < 1.29 is 28.6 Å². The molecule has 2 N–H and O–H groups in total. The monoisotopic (exact) mass is 494 g/mol. The number of rotatable bonds is 6. The number of imide groups is 1. The number of carbonyl (C=O) groups excluding carboxylic acids is 3. The van der Waals surface area contributed by atoms with E-state index in [0.29, 0.717) is 34.1 Å². The Kier molecular flexibility index (Phi) is 6.78. The molecule has 0 aliphatic carbocycles. The Morgan fingerprint density at radius 1 is 1.30 bits per heavy atom. The van der Waals surface area contributed by atoms with Gasteiger partial charge in [0.2, 0.25) is 5.91 Å². The van der Waals surface area contributed by atoms with Gasteiger partial charge in [-0.1, -0.05) is 15.9 Å². The maximum absolute atomic E-state index is 13.0. The molecule has 0 bridgehead atoms. The molecule has 156 valence electrons. The van der Waals surface area contributed by atoms with Crippen molar-refractivity contribution in [3.8, 4) is 11.5 Å². The average molecular weight is 495 g/mol. The fraction of sp³-hybridized carbons (Fsp3) is 0.150. The quantitative estimate of drug-likeness (QED) is 0.578. The summed E-state index contributed by atoms with van der Waals surface area (Å²) in [6, 6.07) is 8.09. The predicted octanol–water partition coefficient (Wildman–Crippen LogP) is 4.37. The lowest BCUT2D eigenvalue weighted by atomic mass is 10.2. The maximum Gasteiger partial charge on any atom is 0.294 e. The van der Waals surface area contributed by atoms with Crippen molar-refractivity contribution in [3.05, 3.63) is 57.2 Å². The molecule has 1 saturated heterocycles. The van der Waals surface area contributed by atoms with Gasteiger partial charge in [0.15, 0.2) is 11.5 Å². The minimum atomic E-state index is -0.614. The molecule has 0 spiro atoms. The number of nitrogens with zero attached hydrogens (tertiary/aromatic N) is 1. The number of amides is 3. The van der Waals surface area contributed by atoms with Crippen molar-refractivity contribution in [2.45, 2.75) is 6.92 Å². The molecule has 10 heteroatoms. The van der Waals surface area contributed by atoms with Gasteiger partial charge in [-0.25, -0.2) is 4.39 Å². The number of aromatic hydroxyl groups is 1. The van der Waals surface area contributed by atoms with E-state index in [2.05, 4.69) is 21.2 Å². The normalized spacial score (nSPS) is 15.0. The minimum absolute atomic E-state index is 0.0635. The average Bonchev–Trinajstić information content (AvgIpc) is 2.95. The van der Waals surface area contributed by atoms with Crippen LogP contribution in [0, 0.1) is 5.82 Å². The Hall–Kier alpha value is -2.85. The summed E-state index contributed by atoms with van der Waals surface area (Å²) < 4.78 is 18.8. The second-order valence-corrected chi connectivity index (χ2v) is 7.94. The van der Waals surface area contributed by atoms with Crippen molar-refractivity contribution >= 4 is 56.5 Å². The number of anilines is 1. The van der Waals surface area contributed by atoms with Gasteiger partial charge >= 0.3 is 0 Å². The standard InChI is InChI=1S/C20H16BrFN2O5S/c1-2-29-16-7-11(14(21)9-15(16)25)8-17-19(27)24(20(28)30-17)10-18(26)23-13-5-3-12(22)4-6-13/h3-9,25H,2,10H2,1H3,(H,23,26)/b17-8-. The summed E-state index contributed by atoms with van der Waals surface area (Å²) in [6.45, 7) is 1.64. The number of carbonyl (C=O) groups is 3. The molecule has 3 rings (SSSR count). The Morgan fingerprint density at radius 3 is 2.67 bits per heavy atom. The van der Waals surface area contributed by atoms with Crippen LogP contribution in [0.25, 0.3) is 6.08 Å². The summed E-state index contributed by atoms with van der Waals surface area (Å²) in [6.07, 6.45) is 1.48. The molecule has 1 heterocycles. The van der Waals surface area contributed by atoms with E-state index in [4.69, 9.17) is 4.74 Å². The molecule has 1 aliphatic rings. The van der Waals surface area contributed by atoms with Crippen LogP contribution in [0.1, 0.15) is 12.5 Å². The minimum Gasteiger partial charge on any atom is -0.504 e. The molecule has 0 unspecified atom stereocenters. The number of hydrogen-bond donors (Lipinski definition) is 2. The first kappa shape index (κ1) is 21.8. The number of halogens is 2. The largest absolute Gasteiger partial charge is 0.504 e. The third kappa shape index (κ3) is 5.00. The number of benzene rings is 2. The van der Waals surface area contributed by atoms with Crippen molar-refractivity contribution in [1.29, 1.82) is 0 Å². The zero-order chi connectivity index (χ0) is 21.8. The fourth-order valence-corrected chi connectivity index (χ4v) is 3.87.